The van der Waals surface area contributed by atoms with Gasteiger partial charge < -0.3 is 5.32 Å². The summed E-state index contributed by atoms with van der Waals surface area (Å²) >= 11 is 1.75. The lowest BCUT2D eigenvalue weighted by molar-refractivity contribution is 0.953. The van der Waals surface area contributed by atoms with Crippen molar-refractivity contribution in [1.82, 2.24) is 9.97 Å². The Kier molecular flexibility index (Phi) is 3.97. The second-order valence-corrected chi connectivity index (χ2v) is 5.53. The van der Waals surface area contributed by atoms with E-state index in [0.717, 1.165) is 35.9 Å². The van der Waals surface area contributed by atoms with Crippen LogP contribution in [0.25, 0.3) is 11.3 Å². The molecule has 0 radical (unpaired) electrons. The Morgan fingerprint density at radius 2 is 1.89 bits per heavy atom. The van der Waals surface area contributed by atoms with Crippen LogP contribution >= 0.6 is 11.3 Å². The summed E-state index contributed by atoms with van der Waals surface area (Å²) in [6.45, 7) is 9.21. The van der Waals surface area contributed by atoms with Gasteiger partial charge in [-0.1, -0.05) is 6.92 Å². The lowest BCUT2D eigenvalue weighted by Crippen LogP contribution is -2.07. The fourth-order valence-electron chi connectivity index (χ4n) is 1.79. The van der Waals surface area contributed by atoms with Gasteiger partial charge in [0, 0.05) is 17.0 Å². The molecule has 0 fully saturated rings. The van der Waals surface area contributed by atoms with Crippen molar-refractivity contribution in [3.05, 3.63) is 27.7 Å². The summed E-state index contributed by atoms with van der Waals surface area (Å²) in [4.78, 5) is 10.6. The Labute approximate surface area is 112 Å². The average Bonchev–Trinajstić information content (AvgIpc) is 2.76. The van der Waals surface area contributed by atoms with Crippen LogP contribution in [0.4, 0.5) is 5.82 Å². The molecule has 1 N–H and O–H groups in total. The van der Waals surface area contributed by atoms with Crippen molar-refractivity contribution >= 4 is 17.2 Å². The first-order valence-corrected chi connectivity index (χ1v) is 7.15. The third-order valence-corrected chi connectivity index (χ3v) is 3.81. The van der Waals surface area contributed by atoms with Gasteiger partial charge in [-0.05, 0) is 38.6 Å². The van der Waals surface area contributed by atoms with Crippen molar-refractivity contribution in [1.29, 1.82) is 0 Å². The summed E-state index contributed by atoms with van der Waals surface area (Å²) in [5.74, 6) is 0.904. The quantitative estimate of drug-likeness (QED) is 0.905. The van der Waals surface area contributed by atoms with Gasteiger partial charge in [0.05, 0.1) is 11.4 Å². The third kappa shape index (κ3) is 2.53. The molecular weight excluding hydrogens is 242 g/mol. The number of anilines is 1. The first-order valence-electron chi connectivity index (χ1n) is 6.27. The molecule has 0 aliphatic carbocycles. The van der Waals surface area contributed by atoms with Gasteiger partial charge in [-0.25, -0.2) is 9.97 Å². The molecule has 2 aromatic rings. The van der Waals surface area contributed by atoms with E-state index in [4.69, 9.17) is 4.98 Å². The molecule has 0 saturated carbocycles. The fraction of sp³-hybridized carbons (Fsp3) is 0.429. The minimum Gasteiger partial charge on any atom is -0.368 e. The molecule has 4 heteroatoms. The van der Waals surface area contributed by atoms with Gasteiger partial charge in [-0.2, -0.15) is 0 Å². The first-order chi connectivity index (χ1) is 8.63. The number of thiophene rings is 1. The topological polar surface area (TPSA) is 37.8 Å². The molecule has 2 heterocycles. The van der Waals surface area contributed by atoms with Crippen molar-refractivity contribution in [2.45, 2.75) is 34.1 Å². The van der Waals surface area contributed by atoms with Crippen molar-refractivity contribution in [2.24, 2.45) is 0 Å². The lowest BCUT2D eigenvalue weighted by atomic mass is 10.1. The van der Waals surface area contributed by atoms with E-state index in [1.54, 1.807) is 11.3 Å². The Bertz CT molecular complexity index is 546. The zero-order valence-corrected chi connectivity index (χ0v) is 12.2. The van der Waals surface area contributed by atoms with Crippen LogP contribution in [0.3, 0.4) is 0 Å². The van der Waals surface area contributed by atoms with Gasteiger partial charge in [0.15, 0.2) is 5.82 Å². The molecule has 96 valence electrons. The Hall–Kier alpha value is -1.42. The Morgan fingerprint density at radius 3 is 2.50 bits per heavy atom. The van der Waals surface area contributed by atoms with Crippen LogP contribution in [0.1, 0.15) is 29.6 Å². The van der Waals surface area contributed by atoms with Gasteiger partial charge in [0.25, 0.3) is 0 Å². The van der Waals surface area contributed by atoms with E-state index in [-0.39, 0.29) is 0 Å². The van der Waals surface area contributed by atoms with Crippen LogP contribution in [-0.4, -0.2) is 16.5 Å². The standard InChI is InChI=1S/C14H19N3S/c1-5-7-15-14-13(12-6-8-18-11(12)4)16-9(2)10(3)17-14/h6,8H,5,7H2,1-4H3,(H,15,17). The van der Waals surface area contributed by atoms with Gasteiger partial charge in [0.2, 0.25) is 0 Å². The summed E-state index contributed by atoms with van der Waals surface area (Å²) in [7, 11) is 0. The van der Waals surface area contributed by atoms with Crippen molar-refractivity contribution in [2.75, 3.05) is 11.9 Å². The molecule has 0 amide bonds. The second-order valence-electron chi connectivity index (χ2n) is 4.41. The Morgan fingerprint density at radius 1 is 1.17 bits per heavy atom. The predicted octanol–water partition coefficient (Wildman–Crippen LogP) is 3.95. The SMILES string of the molecule is CCCNc1nc(C)c(C)nc1-c1ccsc1C. The number of nitrogens with one attached hydrogen (secondary N) is 1. The van der Waals surface area contributed by atoms with Gasteiger partial charge in [-0.15, -0.1) is 11.3 Å². The molecule has 0 aliphatic rings. The van der Waals surface area contributed by atoms with Gasteiger partial charge >= 0.3 is 0 Å². The summed E-state index contributed by atoms with van der Waals surface area (Å²) in [5, 5.41) is 5.48. The van der Waals surface area contributed by atoms with Crippen molar-refractivity contribution in [3.8, 4) is 11.3 Å². The average molecular weight is 261 g/mol. The van der Waals surface area contributed by atoms with Crippen LogP contribution in [0, 0.1) is 20.8 Å². The highest BCUT2D eigenvalue weighted by Crippen LogP contribution is 2.31. The molecule has 0 unspecified atom stereocenters. The minimum atomic E-state index is 0.904. The highest BCUT2D eigenvalue weighted by atomic mass is 32.1. The van der Waals surface area contributed by atoms with E-state index >= 15 is 0 Å². The molecule has 0 atom stereocenters. The summed E-state index contributed by atoms with van der Waals surface area (Å²) in [6.07, 6.45) is 1.08. The molecule has 0 saturated heterocycles. The van der Waals surface area contributed by atoms with E-state index in [0.29, 0.717) is 0 Å². The molecule has 2 rings (SSSR count). The number of rotatable bonds is 4. The zero-order chi connectivity index (χ0) is 13.1. The fourth-order valence-corrected chi connectivity index (χ4v) is 2.49. The number of nitrogens with zero attached hydrogens (tertiary/aromatic N) is 2. The molecule has 3 nitrogen and oxygen atoms in total. The number of hydrogen-bond donors (Lipinski definition) is 1. The lowest BCUT2D eigenvalue weighted by Gasteiger charge is -2.12. The zero-order valence-electron chi connectivity index (χ0n) is 11.4. The minimum absolute atomic E-state index is 0.904. The highest BCUT2D eigenvalue weighted by Gasteiger charge is 2.13. The normalized spacial score (nSPS) is 10.7. The maximum absolute atomic E-state index is 4.71. The van der Waals surface area contributed by atoms with Gasteiger partial charge in [0.1, 0.15) is 5.69 Å². The van der Waals surface area contributed by atoms with E-state index in [9.17, 15) is 0 Å². The molecular formula is C14H19N3S. The van der Waals surface area contributed by atoms with E-state index in [1.165, 1.54) is 10.4 Å². The third-order valence-electron chi connectivity index (χ3n) is 2.96. The molecule has 0 bridgehead atoms. The largest absolute Gasteiger partial charge is 0.368 e. The number of aromatic nitrogens is 2. The number of hydrogen-bond acceptors (Lipinski definition) is 4. The molecule has 2 aromatic heterocycles. The van der Waals surface area contributed by atoms with Crippen LogP contribution in [0.2, 0.25) is 0 Å². The Balaban J connectivity index is 2.50. The van der Waals surface area contributed by atoms with Crippen LogP contribution in [0.5, 0.6) is 0 Å². The number of aryl methyl sites for hydroxylation is 3. The summed E-state index contributed by atoms with van der Waals surface area (Å²) in [5.41, 5.74) is 4.15. The smallest absolute Gasteiger partial charge is 0.152 e. The molecule has 0 spiro atoms. The maximum Gasteiger partial charge on any atom is 0.152 e. The molecule has 0 aromatic carbocycles. The summed E-state index contributed by atoms with van der Waals surface area (Å²) < 4.78 is 0. The predicted molar refractivity (Wildman–Crippen MR) is 78.3 cm³/mol. The van der Waals surface area contributed by atoms with E-state index in [2.05, 4.69) is 35.6 Å². The maximum atomic E-state index is 4.71. The van der Waals surface area contributed by atoms with Gasteiger partial charge in [-0.3, -0.25) is 0 Å². The molecule has 18 heavy (non-hydrogen) atoms. The van der Waals surface area contributed by atoms with Crippen LogP contribution in [0.15, 0.2) is 11.4 Å². The monoisotopic (exact) mass is 261 g/mol. The van der Waals surface area contributed by atoms with Crippen molar-refractivity contribution in [3.63, 3.8) is 0 Å². The van der Waals surface area contributed by atoms with Crippen LogP contribution in [-0.2, 0) is 0 Å². The summed E-state index contributed by atoms with van der Waals surface area (Å²) in [6, 6.07) is 2.12. The van der Waals surface area contributed by atoms with Crippen LogP contribution < -0.4 is 5.32 Å². The molecule has 0 aliphatic heterocycles. The first kappa shape index (κ1) is 13.0. The van der Waals surface area contributed by atoms with E-state index < -0.39 is 0 Å². The second kappa shape index (κ2) is 5.48. The van der Waals surface area contributed by atoms with E-state index in [1.807, 2.05) is 13.8 Å². The highest BCUT2D eigenvalue weighted by molar-refractivity contribution is 7.10. The van der Waals surface area contributed by atoms with Crippen molar-refractivity contribution < 1.29 is 0 Å².